The van der Waals surface area contributed by atoms with Crippen molar-refractivity contribution < 1.29 is 37.4 Å². The van der Waals surface area contributed by atoms with Gasteiger partial charge in [-0.1, -0.05) is 119 Å². The van der Waals surface area contributed by atoms with Crippen LogP contribution >= 0.6 is 7.75 Å². The van der Waals surface area contributed by atoms with E-state index in [1.807, 2.05) is 30.3 Å². The summed E-state index contributed by atoms with van der Waals surface area (Å²) in [5.74, 6) is 1.84. The Morgan fingerprint density at radius 1 is 1.07 bits per heavy atom. The monoisotopic (exact) mass is 764 g/mol. The van der Waals surface area contributed by atoms with E-state index in [4.69, 9.17) is 30.7 Å². The zero-order chi connectivity index (χ0) is 38.4. The van der Waals surface area contributed by atoms with Crippen LogP contribution in [0.15, 0.2) is 67.0 Å². The normalized spacial score (nSPS) is 20.0. The van der Waals surface area contributed by atoms with Gasteiger partial charge >= 0.3 is 19.8 Å². The van der Waals surface area contributed by atoms with Crippen molar-refractivity contribution in [1.29, 1.82) is 0 Å². The summed E-state index contributed by atoms with van der Waals surface area (Å²) in [5.41, 5.74) is 4.93. The zero-order valence-corrected chi connectivity index (χ0v) is 31.5. The number of aromatic nitrogens is 4. The Balaban J connectivity index is 1.28. The molecule has 1 aliphatic rings. The number of benzene rings is 2. The molecule has 4 N–H and O–H groups in total. The van der Waals surface area contributed by atoms with E-state index in [2.05, 4.69) is 32.9 Å². The fourth-order valence-electron chi connectivity index (χ4n) is 6.32. The van der Waals surface area contributed by atoms with E-state index in [-0.39, 0.29) is 42.2 Å². The van der Waals surface area contributed by atoms with Crippen LogP contribution in [0.5, 0.6) is 5.75 Å². The molecule has 0 unspecified atom stereocenters. The van der Waals surface area contributed by atoms with Gasteiger partial charge in [0.2, 0.25) is 0 Å². The molecule has 54 heavy (non-hydrogen) atoms. The van der Waals surface area contributed by atoms with Crippen LogP contribution in [0.1, 0.15) is 89.3 Å². The number of imidazole rings is 1. The first-order valence-electron chi connectivity index (χ1n) is 18.6. The Morgan fingerprint density at radius 2 is 1.72 bits per heavy atom. The highest BCUT2D eigenvalue weighted by molar-refractivity contribution is 7.52. The molecule has 1 aliphatic heterocycles. The first kappa shape index (κ1) is 40.8. The number of rotatable bonds is 22. The van der Waals surface area contributed by atoms with Gasteiger partial charge in [0.05, 0.1) is 12.9 Å². The lowest BCUT2D eigenvalue weighted by atomic mass is 9.99. The number of esters is 1. The number of hydrogen-bond donors (Lipinski definition) is 3. The molecular formula is C39H50FN6O7P. The molecule has 2 aromatic carbocycles. The minimum atomic E-state index is -4.47. The number of aliphatic hydroxyl groups is 1. The van der Waals surface area contributed by atoms with Crippen LogP contribution in [0.2, 0.25) is 0 Å². The highest BCUT2D eigenvalue weighted by Crippen LogP contribution is 2.48. The number of nitrogen functional groups attached to an aromatic ring is 1. The van der Waals surface area contributed by atoms with Crippen molar-refractivity contribution in [2.75, 3.05) is 18.9 Å². The van der Waals surface area contributed by atoms with E-state index in [1.54, 1.807) is 30.3 Å². The van der Waals surface area contributed by atoms with Gasteiger partial charge in [0.25, 0.3) is 0 Å². The summed E-state index contributed by atoms with van der Waals surface area (Å²) < 4.78 is 53.9. The molecule has 0 bridgehead atoms. The van der Waals surface area contributed by atoms with Gasteiger partial charge in [-0.25, -0.2) is 9.55 Å². The van der Waals surface area contributed by atoms with Crippen molar-refractivity contribution in [2.45, 2.75) is 108 Å². The molecule has 1 saturated heterocycles. The molecule has 13 nitrogen and oxygen atoms in total. The summed E-state index contributed by atoms with van der Waals surface area (Å²) in [6.07, 6.45) is 15.3. The Bertz CT molecular complexity index is 1880. The summed E-state index contributed by atoms with van der Waals surface area (Å²) in [4.78, 5) is 25.1. The molecule has 15 heteroatoms. The molecule has 0 amide bonds. The van der Waals surface area contributed by atoms with Gasteiger partial charge in [0.15, 0.2) is 22.6 Å². The van der Waals surface area contributed by atoms with Gasteiger partial charge in [-0.05, 0) is 30.5 Å². The number of carbonyl (C=O) groups excluding carboxylic acids is 1. The fourth-order valence-corrected chi connectivity index (χ4v) is 7.84. The summed E-state index contributed by atoms with van der Waals surface area (Å²) in [6, 6.07) is 16.4. The van der Waals surface area contributed by atoms with E-state index in [0.717, 1.165) is 24.8 Å². The molecule has 5 rings (SSSR count). The average Bonchev–Trinajstić information content (AvgIpc) is 3.74. The molecule has 0 radical (unpaired) electrons. The highest BCUT2D eigenvalue weighted by atomic mass is 31.2. The van der Waals surface area contributed by atoms with Crippen molar-refractivity contribution in [3.63, 3.8) is 0 Å². The van der Waals surface area contributed by atoms with Gasteiger partial charge in [-0.2, -0.15) is 19.4 Å². The minimum Gasteiger partial charge on any atom is -0.465 e. The van der Waals surface area contributed by atoms with Crippen LogP contribution in [0.3, 0.4) is 0 Å². The first-order chi connectivity index (χ1) is 26.1. The topological polar surface area (TPSA) is 173 Å². The van der Waals surface area contributed by atoms with Crippen molar-refractivity contribution in [2.24, 2.45) is 0 Å². The number of nitrogens with zero attached hydrogens (tertiary/aromatic N) is 4. The van der Waals surface area contributed by atoms with Crippen molar-refractivity contribution in [3.05, 3.63) is 78.6 Å². The predicted molar refractivity (Wildman–Crippen MR) is 203 cm³/mol. The molecule has 4 aromatic rings. The maximum atomic E-state index is 14.7. The van der Waals surface area contributed by atoms with Crippen LogP contribution in [-0.4, -0.2) is 61.6 Å². The van der Waals surface area contributed by atoms with Crippen LogP contribution in [-0.2, 0) is 29.8 Å². The van der Waals surface area contributed by atoms with Gasteiger partial charge in [0.1, 0.15) is 30.7 Å². The Morgan fingerprint density at radius 3 is 2.39 bits per heavy atom. The molecule has 5 atom stereocenters. The van der Waals surface area contributed by atoms with Gasteiger partial charge in [0, 0.05) is 6.42 Å². The third-order valence-corrected chi connectivity index (χ3v) is 10.9. The molecule has 3 heterocycles. The second-order valence-corrected chi connectivity index (χ2v) is 15.1. The van der Waals surface area contributed by atoms with Crippen molar-refractivity contribution >= 4 is 30.7 Å². The van der Waals surface area contributed by atoms with Gasteiger partial charge < -0.3 is 24.8 Å². The molecule has 0 aliphatic carbocycles. The second-order valence-electron chi connectivity index (χ2n) is 13.5. The first-order valence-corrected chi connectivity index (χ1v) is 20.2. The van der Waals surface area contributed by atoms with Crippen molar-refractivity contribution in [1.82, 2.24) is 24.6 Å². The number of anilines is 1. The standard InChI is InChI=1S/C39H50FN6O7P/c1-3-5-6-7-8-9-10-11-12-19-24-50-37(48)31(25-29-20-15-13-16-21-29)45-54(49,53-30-22-17-14-18-23-30)51-27-39(4-2)32(47)26-33(52-39)46-28-42-34-35(41)43-38(40)44-36(34)46/h2,13-18,20-23,28,31-33,47H,3,5-12,19,24-27H2,1H3,(H,45,49)(H2,41,43,44)/t31-,32-,33+,39+,54+/m0/s1. The summed E-state index contributed by atoms with van der Waals surface area (Å²) >= 11 is 0. The van der Waals surface area contributed by atoms with E-state index in [1.165, 1.54) is 49.4 Å². The Hall–Kier alpha value is -4.38. The molecule has 290 valence electrons. The number of aliphatic hydroxyl groups excluding tert-OH is 1. The lowest BCUT2D eigenvalue weighted by Gasteiger charge is -2.30. The Kier molecular flexibility index (Phi) is 15.0. The summed E-state index contributed by atoms with van der Waals surface area (Å²) in [5, 5.41) is 14.1. The zero-order valence-electron chi connectivity index (χ0n) is 30.6. The van der Waals surface area contributed by atoms with E-state index < -0.39 is 50.4 Å². The van der Waals surface area contributed by atoms with E-state index >= 15 is 0 Å². The average molecular weight is 765 g/mol. The third kappa shape index (κ3) is 11.1. The highest BCUT2D eigenvalue weighted by Gasteiger charge is 2.50. The fraction of sp³-hybridized carbons (Fsp3) is 0.487. The molecule has 0 saturated carbocycles. The summed E-state index contributed by atoms with van der Waals surface area (Å²) in [6.45, 7) is 1.80. The minimum absolute atomic E-state index is 0.0331. The number of halogens is 1. The van der Waals surface area contributed by atoms with Gasteiger partial charge in [-0.15, -0.1) is 6.42 Å². The SMILES string of the molecule is C#C[C@]1(CO[P@](=O)(N[C@@H](Cc2ccccc2)C(=O)OCCCCCCCCCCCC)Oc2ccccc2)O[C@@H](n2cnc3c(N)nc(F)nc32)C[C@@H]1O. The quantitative estimate of drug-likeness (QED) is 0.0245. The van der Waals surface area contributed by atoms with Crippen LogP contribution in [0.4, 0.5) is 10.2 Å². The lowest BCUT2D eigenvalue weighted by molar-refractivity contribution is -0.146. The number of fused-ring (bicyclic) bond motifs is 1. The maximum absolute atomic E-state index is 14.7. The number of terminal acetylenes is 1. The Labute approximate surface area is 315 Å². The maximum Gasteiger partial charge on any atom is 0.459 e. The predicted octanol–water partition coefficient (Wildman–Crippen LogP) is 7.07. The summed E-state index contributed by atoms with van der Waals surface area (Å²) in [7, 11) is -4.47. The lowest BCUT2D eigenvalue weighted by Crippen LogP contribution is -2.44. The number of nitrogens with two attached hydrogens (primary N) is 1. The number of hydrogen-bond acceptors (Lipinski definition) is 11. The van der Waals surface area contributed by atoms with Crippen LogP contribution in [0.25, 0.3) is 11.2 Å². The number of nitrogens with one attached hydrogen (secondary N) is 1. The smallest absolute Gasteiger partial charge is 0.459 e. The number of ether oxygens (including phenoxy) is 2. The van der Waals surface area contributed by atoms with Crippen LogP contribution in [0, 0.1) is 18.4 Å². The van der Waals surface area contributed by atoms with E-state index in [0.29, 0.717) is 6.42 Å². The number of unbranched alkanes of at least 4 members (excludes halogenated alkanes) is 9. The number of carbonyl (C=O) groups is 1. The van der Waals surface area contributed by atoms with Crippen LogP contribution < -0.4 is 15.3 Å². The molecule has 0 spiro atoms. The molecule has 1 fully saturated rings. The van der Waals surface area contributed by atoms with Crippen molar-refractivity contribution in [3.8, 4) is 18.1 Å². The largest absolute Gasteiger partial charge is 0.465 e. The molecular weight excluding hydrogens is 714 g/mol. The number of para-hydroxylation sites is 1. The molecule has 2 aromatic heterocycles. The second kappa shape index (κ2) is 19.8. The van der Waals surface area contributed by atoms with E-state index in [9.17, 15) is 18.9 Å². The third-order valence-electron chi connectivity index (χ3n) is 9.33. The van der Waals surface area contributed by atoms with Gasteiger partial charge in [-0.3, -0.25) is 13.9 Å².